The van der Waals surface area contributed by atoms with Gasteiger partial charge in [0.15, 0.2) is 0 Å². The zero-order chi connectivity index (χ0) is 18.6. The Kier molecular flexibility index (Phi) is 9.48. The van der Waals surface area contributed by atoms with Gasteiger partial charge in [-0.25, -0.2) is 4.79 Å². The predicted molar refractivity (Wildman–Crippen MR) is 101 cm³/mol. The molecule has 26 heavy (non-hydrogen) atoms. The molecule has 4 heteroatoms. The summed E-state index contributed by atoms with van der Waals surface area (Å²) in [7, 11) is 0. The first kappa shape index (κ1) is 23.3. The average Bonchev–Trinajstić information content (AvgIpc) is 2.54. The Bertz CT molecular complexity index is 649. The van der Waals surface area contributed by atoms with E-state index in [-0.39, 0.29) is 48.3 Å². The first-order valence-electron chi connectivity index (χ1n) is 9.33. The number of carboxylic acid groups (broad SMARTS) is 1. The summed E-state index contributed by atoms with van der Waals surface area (Å²) in [4.78, 5) is 11.8. The molecule has 0 aromatic heterocycles. The fourth-order valence-electron chi connectivity index (χ4n) is 3.85. The van der Waals surface area contributed by atoms with E-state index in [1.54, 1.807) is 6.07 Å². The van der Waals surface area contributed by atoms with Crippen LogP contribution in [0, 0.1) is 49.0 Å². The van der Waals surface area contributed by atoms with E-state index >= 15 is 0 Å². The molecule has 0 saturated carbocycles. The van der Waals surface area contributed by atoms with Gasteiger partial charge in [-0.2, -0.15) is 31.9 Å². The molecule has 0 fully saturated rings. The van der Waals surface area contributed by atoms with Crippen molar-refractivity contribution in [2.75, 3.05) is 0 Å². The van der Waals surface area contributed by atoms with Crippen molar-refractivity contribution in [3.05, 3.63) is 46.4 Å². The van der Waals surface area contributed by atoms with Crippen molar-refractivity contribution in [2.45, 2.75) is 72.1 Å². The summed E-state index contributed by atoms with van der Waals surface area (Å²) in [6.07, 6.45) is 7.98. The molecule has 0 amide bonds. The van der Waals surface area contributed by atoms with Gasteiger partial charge in [0.25, 0.3) is 0 Å². The summed E-state index contributed by atoms with van der Waals surface area (Å²) in [5.41, 5.74) is 2.67. The topological polar surface area (TPSA) is 57.5 Å². The molecule has 0 unspecified atom stereocenters. The largest absolute Gasteiger partial charge is 2.00 e. The van der Waals surface area contributed by atoms with E-state index in [0.29, 0.717) is 23.5 Å². The minimum Gasteiger partial charge on any atom is -0.565 e. The Hall–Kier alpha value is -0.718. The summed E-state index contributed by atoms with van der Waals surface area (Å²) in [5.74, 6) is 0.485. The number of aryl methyl sites for hydroxylation is 1. The third-order valence-electron chi connectivity index (χ3n) is 5.30. The smallest absolute Gasteiger partial charge is 0.565 e. The summed E-state index contributed by atoms with van der Waals surface area (Å²) in [5, 5.41) is 20.4. The van der Waals surface area contributed by atoms with Gasteiger partial charge >= 0.3 is 37.1 Å². The number of aromatic hydroxyl groups is 1. The van der Waals surface area contributed by atoms with E-state index in [2.05, 4.69) is 39.8 Å². The number of unbranched alkanes of at least 4 members (excludes halogenated alkanes) is 2. The number of aromatic carboxylic acids is 1. The third kappa shape index (κ3) is 5.40. The van der Waals surface area contributed by atoms with Crippen molar-refractivity contribution < 1.29 is 46.1 Å². The molecule has 1 aromatic carbocycles. The fourth-order valence-corrected chi connectivity index (χ4v) is 3.85. The van der Waals surface area contributed by atoms with Gasteiger partial charge in [-0.15, -0.1) is 11.1 Å². The molecule has 0 radical (unpaired) electrons. The van der Waals surface area contributed by atoms with Gasteiger partial charge in [-0.1, -0.05) is 50.7 Å². The van der Waals surface area contributed by atoms with Crippen molar-refractivity contribution in [1.82, 2.24) is 0 Å². The second-order valence-corrected chi connectivity index (χ2v) is 7.47. The number of phenols is 1. The zero-order valence-corrected chi connectivity index (χ0v) is 20.5. The molecule has 0 heterocycles. The van der Waals surface area contributed by atoms with Crippen LogP contribution in [0.4, 0.5) is 0 Å². The molecular formula is C22H30O3U. The molecule has 3 nitrogen and oxygen atoms in total. The maximum absolute atomic E-state index is 11.8. The summed E-state index contributed by atoms with van der Waals surface area (Å²) < 4.78 is 0. The Morgan fingerprint density at radius 1 is 1.35 bits per heavy atom. The summed E-state index contributed by atoms with van der Waals surface area (Å²) in [6, 6.07) is 5.02. The minimum atomic E-state index is -1.05. The quantitative estimate of drug-likeness (QED) is 0.248. The number of hydrogen-bond acceptors (Lipinski definition) is 2. The molecule has 1 aliphatic carbocycles. The number of hydrogen-bond donors (Lipinski definition) is 2. The van der Waals surface area contributed by atoms with Gasteiger partial charge in [0.2, 0.25) is 0 Å². The monoisotopic (exact) mass is 580 g/mol. The maximum atomic E-state index is 11.8. The van der Waals surface area contributed by atoms with E-state index < -0.39 is 5.97 Å². The molecule has 1 aliphatic rings. The van der Waals surface area contributed by atoms with E-state index in [1.807, 2.05) is 0 Å². The van der Waals surface area contributed by atoms with Gasteiger partial charge in [0, 0.05) is 5.75 Å². The van der Waals surface area contributed by atoms with Crippen LogP contribution in [-0.2, 0) is 6.42 Å². The van der Waals surface area contributed by atoms with Crippen molar-refractivity contribution in [1.29, 1.82) is 0 Å². The fraction of sp³-hybridized carbons (Fsp3) is 0.545. The van der Waals surface area contributed by atoms with Crippen LogP contribution in [-0.4, -0.2) is 16.2 Å². The van der Waals surface area contributed by atoms with Crippen LogP contribution in [0.1, 0.15) is 87.2 Å². The Morgan fingerprint density at radius 2 is 2.04 bits per heavy atom. The predicted octanol–water partition coefficient (Wildman–Crippen LogP) is 5.68. The Balaban J connectivity index is 0.00000338. The van der Waals surface area contributed by atoms with Gasteiger partial charge in [0.05, 0.1) is 0 Å². The molecule has 1 aromatic rings. The van der Waals surface area contributed by atoms with Crippen molar-refractivity contribution in [3.63, 3.8) is 0 Å². The molecule has 0 spiro atoms. The van der Waals surface area contributed by atoms with Crippen LogP contribution in [0.5, 0.6) is 5.75 Å². The SMILES string of the molecule is CCCCCc1c[c-]c([C@@H]2C=C(C)CC[C@H]2[C-](C)C)c(O)c1C(=O)O.[U+2]. The van der Waals surface area contributed by atoms with E-state index in [0.717, 1.165) is 32.1 Å². The molecular weight excluding hydrogens is 550 g/mol. The number of carboxylic acids is 1. The second-order valence-electron chi connectivity index (χ2n) is 7.47. The van der Waals surface area contributed by atoms with Gasteiger partial charge in [0.1, 0.15) is 0 Å². The van der Waals surface area contributed by atoms with Crippen LogP contribution >= 0.6 is 0 Å². The first-order valence-corrected chi connectivity index (χ1v) is 9.33. The Morgan fingerprint density at radius 3 is 2.62 bits per heavy atom. The van der Waals surface area contributed by atoms with Crippen LogP contribution in [0.25, 0.3) is 0 Å². The molecule has 2 atom stereocenters. The van der Waals surface area contributed by atoms with E-state index in [1.165, 1.54) is 11.5 Å². The minimum absolute atomic E-state index is 0. The standard InChI is InChI=1S/C22H30O3.U/c1-5-6-7-8-16-10-12-18(21(23)20(16)22(24)25)19-13-15(4)9-11-17(19)14(2)3;/h10,13,17,19,23H,5-9,11H2,1-4H3,(H,24,25);/q-2;+2/t17-,19+;/m0./s1. The molecule has 0 aliphatic heterocycles. The van der Waals surface area contributed by atoms with Crippen LogP contribution in [0.15, 0.2) is 17.7 Å². The molecule has 0 bridgehead atoms. The zero-order valence-electron chi connectivity index (χ0n) is 16.4. The van der Waals surface area contributed by atoms with Crippen molar-refractivity contribution in [3.8, 4) is 5.75 Å². The van der Waals surface area contributed by atoms with E-state index in [9.17, 15) is 15.0 Å². The normalized spacial score (nSPS) is 19.8. The molecule has 140 valence electrons. The molecule has 0 saturated heterocycles. The van der Waals surface area contributed by atoms with Gasteiger partial charge in [-0.05, 0) is 24.8 Å². The summed E-state index contributed by atoms with van der Waals surface area (Å²) in [6.45, 7) is 8.44. The third-order valence-corrected chi connectivity index (χ3v) is 5.30. The van der Waals surface area contributed by atoms with Crippen LogP contribution in [0.2, 0.25) is 0 Å². The Labute approximate surface area is 181 Å². The van der Waals surface area contributed by atoms with Gasteiger partial charge < -0.3 is 16.1 Å². The van der Waals surface area contributed by atoms with E-state index in [4.69, 9.17) is 0 Å². The van der Waals surface area contributed by atoms with Crippen LogP contribution < -0.4 is 0 Å². The number of carbonyl (C=O) groups is 1. The van der Waals surface area contributed by atoms with Crippen molar-refractivity contribution >= 4 is 5.97 Å². The summed E-state index contributed by atoms with van der Waals surface area (Å²) >= 11 is 0. The van der Waals surface area contributed by atoms with Crippen LogP contribution in [0.3, 0.4) is 0 Å². The number of benzene rings is 1. The molecule has 2 rings (SSSR count). The number of rotatable bonds is 7. The number of allylic oxidation sites excluding steroid dienone is 2. The second kappa shape index (κ2) is 10.6. The maximum Gasteiger partial charge on any atom is 2.00 e. The van der Waals surface area contributed by atoms with Gasteiger partial charge in [-0.3, -0.25) is 0 Å². The average molecular weight is 581 g/mol. The molecule has 2 N–H and O–H groups in total. The first-order chi connectivity index (χ1) is 11.9. The van der Waals surface area contributed by atoms with Crippen molar-refractivity contribution in [2.24, 2.45) is 5.92 Å².